The monoisotopic (exact) mass is 244 g/mol. The van der Waals surface area contributed by atoms with Crippen molar-refractivity contribution in [2.75, 3.05) is 13.1 Å². The third-order valence-electron chi connectivity index (χ3n) is 2.63. The second-order valence-corrected chi connectivity index (χ2v) is 4.71. The quantitative estimate of drug-likeness (QED) is 0.453. The summed E-state index contributed by atoms with van der Waals surface area (Å²) in [6.45, 7) is 6.49. The van der Waals surface area contributed by atoms with Crippen LogP contribution in [0, 0.1) is 0 Å². The van der Waals surface area contributed by atoms with Crippen molar-refractivity contribution >= 4 is 17.3 Å². The molecular formula is C13H28N2S. The minimum absolute atomic E-state index is 0.827. The maximum absolute atomic E-state index is 5.19. The molecule has 0 aromatic carbocycles. The van der Waals surface area contributed by atoms with Crippen LogP contribution in [0.25, 0.3) is 0 Å². The highest BCUT2D eigenvalue weighted by molar-refractivity contribution is 7.80. The van der Waals surface area contributed by atoms with E-state index in [0.717, 1.165) is 18.2 Å². The van der Waals surface area contributed by atoms with Gasteiger partial charge in [-0.05, 0) is 25.1 Å². The Balaban J connectivity index is 3.12. The van der Waals surface area contributed by atoms with Gasteiger partial charge in [-0.2, -0.15) is 0 Å². The van der Waals surface area contributed by atoms with E-state index in [9.17, 15) is 0 Å². The molecule has 0 aliphatic rings. The van der Waals surface area contributed by atoms with Crippen molar-refractivity contribution < 1.29 is 0 Å². The van der Waals surface area contributed by atoms with Gasteiger partial charge in [-0.3, -0.25) is 0 Å². The second-order valence-electron chi connectivity index (χ2n) is 4.30. The third kappa shape index (κ3) is 11.8. The van der Waals surface area contributed by atoms with Gasteiger partial charge in [-0.25, -0.2) is 0 Å². The Morgan fingerprint density at radius 2 is 1.19 bits per heavy atom. The first-order chi connectivity index (χ1) is 7.81. The van der Waals surface area contributed by atoms with Crippen LogP contribution in [-0.4, -0.2) is 18.2 Å². The molecule has 0 heterocycles. The normalized spacial score (nSPS) is 10.1. The van der Waals surface area contributed by atoms with Crippen molar-refractivity contribution in [2.45, 2.75) is 65.2 Å². The van der Waals surface area contributed by atoms with Crippen LogP contribution in [0.3, 0.4) is 0 Å². The molecule has 96 valence electrons. The number of rotatable bonds is 10. The van der Waals surface area contributed by atoms with E-state index >= 15 is 0 Å². The molecule has 0 saturated heterocycles. The standard InChI is InChI=1S/C13H28N2S/c1-3-5-7-9-11-14-13(16)15-12-10-8-6-4-2/h3-12H2,1-2H3,(H2,14,15,16). The van der Waals surface area contributed by atoms with E-state index in [1.807, 2.05) is 0 Å². The summed E-state index contributed by atoms with van der Waals surface area (Å²) in [7, 11) is 0. The number of hydrogen-bond acceptors (Lipinski definition) is 1. The van der Waals surface area contributed by atoms with Crippen molar-refractivity contribution in [1.29, 1.82) is 0 Å². The highest BCUT2D eigenvalue weighted by Gasteiger charge is 1.94. The molecule has 0 spiro atoms. The van der Waals surface area contributed by atoms with E-state index in [-0.39, 0.29) is 0 Å². The zero-order valence-electron chi connectivity index (χ0n) is 11.0. The van der Waals surface area contributed by atoms with Gasteiger partial charge in [0, 0.05) is 13.1 Å². The summed E-state index contributed by atoms with van der Waals surface area (Å²) in [5, 5.41) is 7.33. The van der Waals surface area contributed by atoms with Gasteiger partial charge in [-0.1, -0.05) is 52.4 Å². The zero-order valence-corrected chi connectivity index (χ0v) is 11.8. The van der Waals surface area contributed by atoms with E-state index in [0.29, 0.717) is 0 Å². The maximum atomic E-state index is 5.19. The Labute approximate surface area is 107 Å². The topological polar surface area (TPSA) is 24.1 Å². The van der Waals surface area contributed by atoms with Crippen molar-refractivity contribution in [2.24, 2.45) is 0 Å². The lowest BCUT2D eigenvalue weighted by molar-refractivity contribution is 0.635. The van der Waals surface area contributed by atoms with Gasteiger partial charge in [0.2, 0.25) is 0 Å². The Hall–Kier alpha value is -0.310. The minimum atomic E-state index is 0.827. The number of nitrogens with one attached hydrogen (secondary N) is 2. The fourth-order valence-electron chi connectivity index (χ4n) is 1.57. The predicted octanol–water partition coefficient (Wildman–Crippen LogP) is 3.61. The van der Waals surface area contributed by atoms with Gasteiger partial charge < -0.3 is 10.6 Å². The van der Waals surface area contributed by atoms with Crippen LogP contribution in [0.5, 0.6) is 0 Å². The minimum Gasteiger partial charge on any atom is -0.363 e. The van der Waals surface area contributed by atoms with Crippen LogP contribution in [0.4, 0.5) is 0 Å². The van der Waals surface area contributed by atoms with Crippen molar-refractivity contribution in [3.63, 3.8) is 0 Å². The average molecular weight is 244 g/mol. The van der Waals surface area contributed by atoms with Crippen molar-refractivity contribution in [3.05, 3.63) is 0 Å². The van der Waals surface area contributed by atoms with Gasteiger partial charge in [-0.15, -0.1) is 0 Å². The number of unbranched alkanes of at least 4 members (excludes halogenated alkanes) is 6. The summed E-state index contributed by atoms with van der Waals surface area (Å²) in [6, 6.07) is 0. The van der Waals surface area contributed by atoms with Gasteiger partial charge in [0.05, 0.1) is 0 Å². The lowest BCUT2D eigenvalue weighted by Gasteiger charge is -2.09. The van der Waals surface area contributed by atoms with E-state index in [4.69, 9.17) is 12.2 Å². The van der Waals surface area contributed by atoms with Crippen LogP contribution in [0.2, 0.25) is 0 Å². The Kier molecular flexibility index (Phi) is 12.5. The van der Waals surface area contributed by atoms with Gasteiger partial charge in [0.15, 0.2) is 5.11 Å². The predicted molar refractivity (Wildman–Crippen MR) is 76.9 cm³/mol. The largest absolute Gasteiger partial charge is 0.363 e. The highest BCUT2D eigenvalue weighted by Crippen LogP contribution is 1.98. The van der Waals surface area contributed by atoms with E-state index in [1.54, 1.807) is 0 Å². The van der Waals surface area contributed by atoms with Crippen LogP contribution in [0.1, 0.15) is 65.2 Å². The number of thiocarbonyl (C=S) groups is 1. The van der Waals surface area contributed by atoms with Crippen LogP contribution < -0.4 is 10.6 Å². The van der Waals surface area contributed by atoms with Crippen molar-refractivity contribution in [1.82, 2.24) is 10.6 Å². The lowest BCUT2D eigenvalue weighted by atomic mass is 10.2. The lowest BCUT2D eigenvalue weighted by Crippen LogP contribution is -2.36. The van der Waals surface area contributed by atoms with Crippen LogP contribution >= 0.6 is 12.2 Å². The molecule has 3 heteroatoms. The molecule has 0 aromatic rings. The SMILES string of the molecule is CCCCCCNC(=S)NCCCCCC. The summed E-state index contributed by atoms with van der Waals surface area (Å²) in [5.74, 6) is 0. The fourth-order valence-corrected chi connectivity index (χ4v) is 1.77. The summed E-state index contributed by atoms with van der Waals surface area (Å²) in [6.07, 6.45) is 10.3. The molecule has 2 N–H and O–H groups in total. The van der Waals surface area contributed by atoms with Crippen LogP contribution in [0.15, 0.2) is 0 Å². The smallest absolute Gasteiger partial charge is 0.166 e. The van der Waals surface area contributed by atoms with E-state index < -0.39 is 0 Å². The molecule has 0 aromatic heterocycles. The summed E-state index contributed by atoms with van der Waals surface area (Å²) < 4.78 is 0. The molecule has 0 aliphatic heterocycles. The third-order valence-corrected chi connectivity index (χ3v) is 2.92. The molecule has 2 nitrogen and oxygen atoms in total. The van der Waals surface area contributed by atoms with E-state index in [1.165, 1.54) is 51.4 Å². The molecule has 16 heavy (non-hydrogen) atoms. The first-order valence-corrected chi connectivity index (χ1v) is 7.23. The van der Waals surface area contributed by atoms with Crippen LogP contribution in [-0.2, 0) is 0 Å². The molecular weight excluding hydrogens is 216 g/mol. The van der Waals surface area contributed by atoms with Crippen molar-refractivity contribution in [3.8, 4) is 0 Å². The molecule has 0 unspecified atom stereocenters. The summed E-state index contributed by atoms with van der Waals surface area (Å²) in [5.41, 5.74) is 0. The maximum Gasteiger partial charge on any atom is 0.166 e. The fraction of sp³-hybridized carbons (Fsp3) is 0.923. The molecule has 0 saturated carbocycles. The summed E-state index contributed by atoms with van der Waals surface area (Å²) >= 11 is 5.19. The number of hydrogen-bond donors (Lipinski definition) is 2. The van der Waals surface area contributed by atoms with Gasteiger partial charge >= 0.3 is 0 Å². The highest BCUT2D eigenvalue weighted by atomic mass is 32.1. The molecule has 0 rings (SSSR count). The zero-order chi connectivity index (χ0) is 12.1. The average Bonchev–Trinajstić information content (AvgIpc) is 2.28. The molecule has 0 atom stereocenters. The molecule has 0 bridgehead atoms. The molecule has 0 fully saturated rings. The molecule has 0 aliphatic carbocycles. The van der Waals surface area contributed by atoms with Gasteiger partial charge in [0.25, 0.3) is 0 Å². The molecule has 0 radical (unpaired) electrons. The summed E-state index contributed by atoms with van der Waals surface area (Å²) in [4.78, 5) is 0. The van der Waals surface area contributed by atoms with Gasteiger partial charge in [0.1, 0.15) is 0 Å². The second kappa shape index (κ2) is 12.8. The Morgan fingerprint density at radius 3 is 1.56 bits per heavy atom. The Bertz CT molecular complexity index is 144. The first-order valence-electron chi connectivity index (χ1n) is 6.83. The molecule has 0 amide bonds. The Morgan fingerprint density at radius 1 is 0.750 bits per heavy atom. The van der Waals surface area contributed by atoms with E-state index in [2.05, 4.69) is 24.5 Å². The first kappa shape index (κ1) is 15.7.